The summed E-state index contributed by atoms with van der Waals surface area (Å²) in [5.41, 5.74) is 1.82. The molecule has 0 saturated heterocycles. The molecule has 1 aromatic heterocycles. The van der Waals surface area contributed by atoms with E-state index in [1.165, 1.54) is 12.8 Å². The van der Waals surface area contributed by atoms with Gasteiger partial charge in [-0.25, -0.2) is 0 Å². The summed E-state index contributed by atoms with van der Waals surface area (Å²) in [5, 5.41) is 4.93. The largest absolute Gasteiger partial charge is 0.451 e. The Bertz CT molecular complexity index is 641. The van der Waals surface area contributed by atoms with Crippen LogP contribution in [0.5, 0.6) is 0 Å². The van der Waals surface area contributed by atoms with E-state index in [1.54, 1.807) is 0 Å². The van der Waals surface area contributed by atoms with Crippen molar-refractivity contribution < 1.29 is 9.21 Å². The summed E-state index contributed by atoms with van der Waals surface area (Å²) in [6.45, 7) is 2.03. The van der Waals surface area contributed by atoms with Crippen LogP contribution >= 0.6 is 15.9 Å². The standard InChI is InChI=1S/C16H18BrNO2/c1-11-4-5-13-12(8-11)9-14(20-13)15(19)18-16(10-17)6-2-3-7-16/h4-5,8-9H,2-3,6-7,10H2,1H3,(H,18,19). The molecule has 0 bridgehead atoms. The third-order valence-corrected chi connectivity index (χ3v) is 5.16. The highest BCUT2D eigenvalue weighted by molar-refractivity contribution is 9.09. The third kappa shape index (κ3) is 2.49. The predicted octanol–water partition coefficient (Wildman–Crippen LogP) is 4.18. The molecule has 1 saturated carbocycles. The molecule has 1 N–H and O–H groups in total. The number of alkyl halides is 1. The molecule has 1 heterocycles. The monoisotopic (exact) mass is 335 g/mol. The van der Waals surface area contributed by atoms with Crippen LogP contribution in [0.1, 0.15) is 41.8 Å². The quantitative estimate of drug-likeness (QED) is 0.855. The van der Waals surface area contributed by atoms with E-state index >= 15 is 0 Å². The van der Waals surface area contributed by atoms with Gasteiger partial charge in [0.1, 0.15) is 5.58 Å². The van der Waals surface area contributed by atoms with Gasteiger partial charge in [0.05, 0.1) is 5.54 Å². The van der Waals surface area contributed by atoms with E-state index < -0.39 is 0 Å². The molecule has 0 radical (unpaired) electrons. The van der Waals surface area contributed by atoms with Gasteiger partial charge in [-0.05, 0) is 38.0 Å². The van der Waals surface area contributed by atoms with E-state index in [2.05, 4.69) is 21.2 Å². The highest BCUT2D eigenvalue weighted by atomic mass is 79.9. The topological polar surface area (TPSA) is 42.2 Å². The van der Waals surface area contributed by atoms with Crippen molar-refractivity contribution in [1.82, 2.24) is 5.32 Å². The molecular formula is C16H18BrNO2. The number of furan rings is 1. The van der Waals surface area contributed by atoms with Crippen molar-refractivity contribution >= 4 is 32.8 Å². The first-order valence-electron chi connectivity index (χ1n) is 7.01. The van der Waals surface area contributed by atoms with Crippen LogP contribution in [0.2, 0.25) is 0 Å². The fourth-order valence-electron chi connectivity index (χ4n) is 2.92. The summed E-state index contributed by atoms with van der Waals surface area (Å²) in [5.74, 6) is 0.290. The molecule has 0 atom stereocenters. The zero-order chi connectivity index (χ0) is 14.2. The number of carbonyl (C=O) groups is 1. The highest BCUT2D eigenvalue weighted by Gasteiger charge is 2.35. The average Bonchev–Trinajstić information content (AvgIpc) is 3.05. The van der Waals surface area contributed by atoms with Crippen LogP contribution in [0.15, 0.2) is 28.7 Å². The Hall–Kier alpha value is -1.29. The molecule has 0 spiro atoms. The third-order valence-electron chi connectivity index (χ3n) is 4.09. The molecule has 0 unspecified atom stereocenters. The first-order valence-corrected chi connectivity index (χ1v) is 8.13. The Morgan fingerprint density at radius 1 is 1.35 bits per heavy atom. The minimum absolute atomic E-state index is 0.105. The van der Waals surface area contributed by atoms with Crippen LogP contribution in [0.4, 0.5) is 0 Å². The molecule has 3 rings (SSSR count). The Kier molecular flexibility index (Phi) is 3.59. The summed E-state index contributed by atoms with van der Waals surface area (Å²) in [4.78, 5) is 12.4. The normalized spacial score (nSPS) is 17.5. The van der Waals surface area contributed by atoms with E-state index in [9.17, 15) is 4.79 Å². The number of fused-ring (bicyclic) bond motifs is 1. The number of nitrogens with one attached hydrogen (secondary N) is 1. The van der Waals surface area contributed by atoms with Crippen molar-refractivity contribution in [2.75, 3.05) is 5.33 Å². The zero-order valence-corrected chi connectivity index (χ0v) is 13.1. The van der Waals surface area contributed by atoms with Gasteiger partial charge in [-0.3, -0.25) is 4.79 Å². The Morgan fingerprint density at radius 2 is 2.10 bits per heavy atom. The van der Waals surface area contributed by atoms with Gasteiger partial charge in [-0.1, -0.05) is 40.4 Å². The zero-order valence-electron chi connectivity index (χ0n) is 11.5. The maximum Gasteiger partial charge on any atom is 0.287 e. The molecule has 106 valence electrons. The summed E-state index contributed by atoms with van der Waals surface area (Å²) in [6.07, 6.45) is 4.41. The van der Waals surface area contributed by atoms with Crippen LogP contribution in [-0.2, 0) is 0 Å². The number of rotatable bonds is 3. The van der Waals surface area contributed by atoms with Gasteiger partial charge >= 0.3 is 0 Å². The maximum atomic E-state index is 12.4. The minimum Gasteiger partial charge on any atom is -0.451 e. The van der Waals surface area contributed by atoms with E-state index in [0.29, 0.717) is 5.76 Å². The van der Waals surface area contributed by atoms with E-state index in [0.717, 1.165) is 34.7 Å². The number of aryl methyl sites for hydroxylation is 1. The van der Waals surface area contributed by atoms with Gasteiger partial charge in [0.15, 0.2) is 5.76 Å². The van der Waals surface area contributed by atoms with Crippen molar-refractivity contribution in [1.29, 1.82) is 0 Å². The second-order valence-corrected chi connectivity index (χ2v) is 6.29. The highest BCUT2D eigenvalue weighted by Crippen LogP contribution is 2.32. The molecule has 2 aromatic rings. The average molecular weight is 336 g/mol. The lowest BCUT2D eigenvalue weighted by molar-refractivity contribution is 0.0884. The number of halogens is 1. The van der Waals surface area contributed by atoms with Crippen molar-refractivity contribution in [2.45, 2.75) is 38.1 Å². The lowest BCUT2D eigenvalue weighted by atomic mass is 10.0. The molecule has 1 aliphatic carbocycles. The fraction of sp³-hybridized carbons (Fsp3) is 0.438. The second-order valence-electron chi connectivity index (χ2n) is 5.73. The smallest absolute Gasteiger partial charge is 0.287 e. The number of amides is 1. The Morgan fingerprint density at radius 3 is 2.80 bits per heavy atom. The van der Waals surface area contributed by atoms with Crippen LogP contribution in [-0.4, -0.2) is 16.8 Å². The van der Waals surface area contributed by atoms with Crippen molar-refractivity contribution in [3.8, 4) is 0 Å². The van der Waals surface area contributed by atoms with E-state index in [1.807, 2.05) is 31.2 Å². The minimum atomic E-state index is -0.111. The van der Waals surface area contributed by atoms with Crippen LogP contribution in [0.25, 0.3) is 11.0 Å². The fourth-order valence-corrected chi connectivity index (χ4v) is 3.62. The number of carbonyl (C=O) groups excluding carboxylic acids is 1. The molecule has 1 aromatic carbocycles. The molecule has 1 amide bonds. The van der Waals surface area contributed by atoms with E-state index in [-0.39, 0.29) is 11.4 Å². The van der Waals surface area contributed by atoms with Gasteiger partial charge in [-0.15, -0.1) is 0 Å². The SMILES string of the molecule is Cc1ccc2oc(C(=O)NC3(CBr)CCCC3)cc2c1. The van der Waals surface area contributed by atoms with Crippen LogP contribution < -0.4 is 5.32 Å². The van der Waals surface area contributed by atoms with Crippen LogP contribution in [0.3, 0.4) is 0 Å². The molecule has 1 aliphatic rings. The molecule has 3 nitrogen and oxygen atoms in total. The maximum absolute atomic E-state index is 12.4. The van der Waals surface area contributed by atoms with Crippen molar-refractivity contribution in [3.63, 3.8) is 0 Å². The Balaban J connectivity index is 1.85. The summed E-state index contributed by atoms with van der Waals surface area (Å²) >= 11 is 3.53. The molecule has 4 heteroatoms. The Labute approximate surface area is 126 Å². The van der Waals surface area contributed by atoms with Gasteiger partial charge in [-0.2, -0.15) is 0 Å². The molecule has 20 heavy (non-hydrogen) atoms. The van der Waals surface area contributed by atoms with Gasteiger partial charge in [0, 0.05) is 10.7 Å². The molecular weight excluding hydrogens is 318 g/mol. The van der Waals surface area contributed by atoms with Crippen LogP contribution in [0, 0.1) is 6.92 Å². The second kappa shape index (κ2) is 5.24. The summed E-state index contributed by atoms with van der Waals surface area (Å²) in [6, 6.07) is 7.77. The number of hydrogen-bond acceptors (Lipinski definition) is 2. The van der Waals surface area contributed by atoms with E-state index in [4.69, 9.17) is 4.42 Å². The van der Waals surface area contributed by atoms with Gasteiger partial charge in [0.25, 0.3) is 5.91 Å². The van der Waals surface area contributed by atoms with Crippen molar-refractivity contribution in [3.05, 3.63) is 35.6 Å². The van der Waals surface area contributed by atoms with Crippen molar-refractivity contribution in [2.24, 2.45) is 0 Å². The predicted molar refractivity (Wildman–Crippen MR) is 83.4 cm³/mol. The lowest BCUT2D eigenvalue weighted by Gasteiger charge is -2.27. The number of hydrogen-bond donors (Lipinski definition) is 1. The molecule has 0 aliphatic heterocycles. The lowest BCUT2D eigenvalue weighted by Crippen LogP contribution is -2.47. The first kappa shape index (κ1) is 13.7. The number of benzene rings is 1. The van der Waals surface area contributed by atoms with Gasteiger partial charge < -0.3 is 9.73 Å². The summed E-state index contributed by atoms with van der Waals surface area (Å²) in [7, 11) is 0. The van der Waals surface area contributed by atoms with Gasteiger partial charge in [0.2, 0.25) is 0 Å². The molecule has 1 fully saturated rings. The first-order chi connectivity index (χ1) is 9.62. The summed E-state index contributed by atoms with van der Waals surface area (Å²) < 4.78 is 5.66.